The van der Waals surface area contributed by atoms with Gasteiger partial charge in [0.25, 0.3) is 0 Å². The van der Waals surface area contributed by atoms with Gasteiger partial charge < -0.3 is 14.6 Å². The third-order valence-electron chi connectivity index (χ3n) is 2.96. The first-order valence-electron chi connectivity index (χ1n) is 5.55. The molecule has 19 heavy (non-hydrogen) atoms. The second-order valence-corrected chi connectivity index (χ2v) is 4.62. The molecule has 0 heterocycles. The van der Waals surface area contributed by atoms with Crippen LogP contribution < -0.4 is 4.74 Å². The lowest BCUT2D eigenvalue weighted by Crippen LogP contribution is -2.33. The van der Waals surface area contributed by atoms with Crippen molar-refractivity contribution in [2.24, 2.45) is 5.41 Å². The lowest BCUT2D eigenvalue weighted by molar-refractivity contribution is -0.157. The van der Waals surface area contributed by atoms with E-state index in [0.717, 1.165) is 19.2 Å². The SMILES string of the molecule is COC(=O)C(C)(C)C(O)c1cc(F)c(OC)cc1F. The van der Waals surface area contributed by atoms with Crippen LogP contribution in [0, 0.1) is 17.0 Å². The summed E-state index contributed by atoms with van der Waals surface area (Å²) in [7, 11) is 2.36. The van der Waals surface area contributed by atoms with E-state index in [-0.39, 0.29) is 11.3 Å². The van der Waals surface area contributed by atoms with Crippen molar-refractivity contribution in [1.82, 2.24) is 0 Å². The number of aliphatic hydroxyl groups is 1. The molecule has 0 aromatic heterocycles. The van der Waals surface area contributed by atoms with E-state index in [4.69, 9.17) is 0 Å². The first-order valence-corrected chi connectivity index (χ1v) is 5.55. The Morgan fingerprint density at radius 3 is 2.32 bits per heavy atom. The normalized spacial score (nSPS) is 13.0. The Morgan fingerprint density at radius 1 is 1.26 bits per heavy atom. The number of benzene rings is 1. The molecule has 0 radical (unpaired) electrons. The van der Waals surface area contributed by atoms with Crippen molar-refractivity contribution in [2.75, 3.05) is 14.2 Å². The van der Waals surface area contributed by atoms with Crippen molar-refractivity contribution in [3.8, 4) is 5.75 Å². The topological polar surface area (TPSA) is 55.8 Å². The lowest BCUT2D eigenvalue weighted by Gasteiger charge is -2.28. The van der Waals surface area contributed by atoms with E-state index in [1.165, 1.54) is 21.0 Å². The number of halogens is 2. The average molecular weight is 274 g/mol. The van der Waals surface area contributed by atoms with E-state index < -0.39 is 29.1 Å². The molecule has 1 rings (SSSR count). The molecule has 0 aliphatic carbocycles. The Balaban J connectivity index is 3.23. The van der Waals surface area contributed by atoms with Gasteiger partial charge in [0, 0.05) is 11.6 Å². The quantitative estimate of drug-likeness (QED) is 0.855. The summed E-state index contributed by atoms with van der Waals surface area (Å²) in [6.45, 7) is 2.76. The van der Waals surface area contributed by atoms with Crippen molar-refractivity contribution < 1.29 is 28.2 Å². The van der Waals surface area contributed by atoms with Crippen LogP contribution in [-0.2, 0) is 9.53 Å². The molecule has 1 aromatic carbocycles. The smallest absolute Gasteiger partial charge is 0.314 e. The molecule has 0 fully saturated rings. The highest BCUT2D eigenvalue weighted by Crippen LogP contribution is 2.37. The lowest BCUT2D eigenvalue weighted by atomic mass is 9.82. The molecule has 0 bridgehead atoms. The zero-order valence-corrected chi connectivity index (χ0v) is 11.2. The molecule has 0 saturated heterocycles. The van der Waals surface area contributed by atoms with Crippen molar-refractivity contribution in [1.29, 1.82) is 0 Å². The summed E-state index contributed by atoms with van der Waals surface area (Å²) in [5, 5.41) is 10.1. The van der Waals surface area contributed by atoms with Crippen LogP contribution in [0.4, 0.5) is 8.78 Å². The largest absolute Gasteiger partial charge is 0.494 e. The van der Waals surface area contributed by atoms with Gasteiger partial charge in [-0.3, -0.25) is 4.79 Å². The van der Waals surface area contributed by atoms with Crippen molar-refractivity contribution in [2.45, 2.75) is 20.0 Å². The minimum Gasteiger partial charge on any atom is -0.494 e. The summed E-state index contributed by atoms with van der Waals surface area (Å²) >= 11 is 0. The first-order chi connectivity index (χ1) is 8.75. The van der Waals surface area contributed by atoms with E-state index >= 15 is 0 Å². The van der Waals surface area contributed by atoms with E-state index in [1.54, 1.807) is 0 Å². The second-order valence-electron chi connectivity index (χ2n) is 4.62. The van der Waals surface area contributed by atoms with Gasteiger partial charge in [-0.05, 0) is 19.9 Å². The molecule has 0 aliphatic heterocycles. The van der Waals surface area contributed by atoms with Crippen LogP contribution >= 0.6 is 0 Å². The molecule has 6 heteroatoms. The number of rotatable bonds is 4. The van der Waals surface area contributed by atoms with Crippen molar-refractivity contribution >= 4 is 5.97 Å². The first kappa shape index (κ1) is 15.4. The second kappa shape index (κ2) is 5.52. The number of carbonyl (C=O) groups excluding carboxylic acids is 1. The molecule has 0 spiro atoms. The molecule has 0 saturated carbocycles. The number of hydrogen-bond donors (Lipinski definition) is 1. The number of esters is 1. The molecular formula is C13H16F2O4. The van der Waals surface area contributed by atoms with Gasteiger partial charge in [0.1, 0.15) is 5.82 Å². The van der Waals surface area contributed by atoms with Crippen LogP contribution in [0.5, 0.6) is 5.75 Å². The fourth-order valence-electron chi connectivity index (χ4n) is 1.67. The molecule has 1 unspecified atom stereocenters. The van der Waals surface area contributed by atoms with E-state index in [1.807, 2.05) is 0 Å². The van der Waals surface area contributed by atoms with E-state index in [2.05, 4.69) is 9.47 Å². The zero-order valence-electron chi connectivity index (χ0n) is 11.2. The van der Waals surface area contributed by atoms with Gasteiger partial charge in [0.2, 0.25) is 0 Å². The summed E-state index contributed by atoms with van der Waals surface area (Å²) < 4.78 is 36.5. The predicted octanol–water partition coefficient (Wildman–Crippen LogP) is 2.21. The van der Waals surface area contributed by atoms with Crippen molar-refractivity contribution in [3.05, 3.63) is 29.3 Å². The molecule has 1 N–H and O–H groups in total. The maximum absolute atomic E-state index is 13.8. The molecule has 106 valence electrons. The van der Waals surface area contributed by atoms with Crippen molar-refractivity contribution in [3.63, 3.8) is 0 Å². The third kappa shape index (κ3) is 2.84. The van der Waals surface area contributed by atoms with Crippen LogP contribution in [0.3, 0.4) is 0 Å². The van der Waals surface area contributed by atoms with E-state index in [0.29, 0.717) is 0 Å². The van der Waals surface area contributed by atoms with Gasteiger partial charge in [0.05, 0.1) is 25.7 Å². The Hall–Kier alpha value is -1.69. The summed E-state index contributed by atoms with van der Waals surface area (Å²) in [6.07, 6.45) is -1.54. The summed E-state index contributed by atoms with van der Waals surface area (Å²) in [5.41, 5.74) is -1.73. The summed E-state index contributed by atoms with van der Waals surface area (Å²) in [5.74, 6) is -2.68. The Bertz CT molecular complexity index is 486. The Kier molecular flexibility index (Phi) is 4.47. The number of ether oxygens (including phenoxy) is 2. The third-order valence-corrected chi connectivity index (χ3v) is 2.96. The molecule has 0 amide bonds. The van der Waals surface area contributed by atoms with Gasteiger partial charge in [-0.2, -0.15) is 0 Å². The molecule has 0 aliphatic rings. The summed E-state index contributed by atoms with van der Waals surface area (Å²) in [4.78, 5) is 11.5. The Labute approximate surface area is 109 Å². The average Bonchev–Trinajstić information content (AvgIpc) is 2.38. The number of carbonyl (C=O) groups is 1. The highest BCUT2D eigenvalue weighted by atomic mass is 19.1. The maximum Gasteiger partial charge on any atom is 0.314 e. The van der Waals surface area contributed by atoms with Crippen LogP contribution in [0.15, 0.2) is 12.1 Å². The minimum atomic E-state index is -1.54. The molecular weight excluding hydrogens is 258 g/mol. The monoisotopic (exact) mass is 274 g/mol. The van der Waals surface area contributed by atoms with Crippen LogP contribution in [0.1, 0.15) is 25.5 Å². The fraction of sp³-hybridized carbons (Fsp3) is 0.462. The molecule has 4 nitrogen and oxygen atoms in total. The van der Waals surface area contributed by atoms with E-state index in [9.17, 15) is 18.7 Å². The Morgan fingerprint density at radius 2 is 1.84 bits per heavy atom. The van der Waals surface area contributed by atoms with Crippen LogP contribution in [0.25, 0.3) is 0 Å². The highest BCUT2D eigenvalue weighted by molar-refractivity contribution is 5.76. The van der Waals surface area contributed by atoms with Crippen LogP contribution in [-0.4, -0.2) is 25.3 Å². The van der Waals surface area contributed by atoms with Crippen LogP contribution in [0.2, 0.25) is 0 Å². The zero-order chi connectivity index (χ0) is 14.8. The number of aliphatic hydroxyl groups excluding tert-OH is 1. The minimum absolute atomic E-state index is 0.274. The standard InChI is InChI=1S/C13H16F2O4/c1-13(2,12(17)19-4)11(16)7-5-9(15)10(18-3)6-8(7)14/h5-6,11,16H,1-4H3. The van der Waals surface area contributed by atoms with Gasteiger partial charge in [-0.1, -0.05) is 0 Å². The maximum atomic E-state index is 13.8. The predicted molar refractivity (Wildman–Crippen MR) is 63.7 cm³/mol. The molecule has 1 aromatic rings. The fourth-order valence-corrected chi connectivity index (χ4v) is 1.67. The highest BCUT2D eigenvalue weighted by Gasteiger charge is 2.39. The van der Waals surface area contributed by atoms with Gasteiger partial charge in [-0.25, -0.2) is 8.78 Å². The number of methoxy groups -OCH3 is 2. The van der Waals surface area contributed by atoms with Gasteiger partial charge in [-0.15, -0.1) is 0 Å². The van der Waals surface area contributed by atoms with Gasteiger partial charge in [0.15, 0.2) is 11.6 Å². The van der Waals surface area contributed by atoms with Gasteiger partial charge >= 0.3 is 5.97 Å². The number of hydrogen-bond acceptors (Lipinski definition) is 4. The molecule has 1 atom stereocenters. The summed E-state index contributed by atoms with van der Waals surface area (Å²) in [6, 6.07) is 1.63.